The number of nitrogens with zero attached hydrogens (tertiary/aromatic N) is 3. The molecule has 6 nitrogen and oxygen atoms in total. The molecular weight excluding hydrogens is 512 g/mol. The number of furan rings is 1. The molecule has 0 bridgehead atoms. The summed E-state index contributed by atoms with van der Waals surface area (Å²) in [6, 6.07) is 17.9. The van der Waals surface area contributed by atoms with Crippen molar-refractivity contribution in [1.29, 1.82) is 0 Å². The SMILES string of the molecule is Cc1cc(NC(=O)CSc2nnc(-c3ccc(C(C)(C)C)cc3)n2Cc2ccco2)ccc1Br. The number of aryl methyl sites for hydroxylation is 1. The topological polar surface area (TPSA) is 73.0 Å². The maximum absolute atomic E-state index is 12.6. The standard InChI is InChI=1S/C26H27BrN4O2S/c1-17-14-20(11-12-22(17)27)28-23(32)16-34-25-30-29-24(31(25)15-21-6-5-13-33-21)18-7-9-19(10-8-18)26(2,3)4/h5-14H,15-16H2,1-4H3,(H,28,32). The fourth-order valence-corrected chi connectivity index (χ4v) is 4.46. The quantitative estimate of drug-likeness (QED) is 0.265. The number of hydrogen-bond acceptors (Lipinski definition) is 5. The van der Waals surface area contributed by atoms with Gasteiger partial charge in [-0.1, -0.05) is 72.7 Å². The van der Waals surface area contributed by atoms with Gasteiger partial charge in [-0.05, 0) is 53.8 Å². The molecule has 0 atom stereocenters. The molecule has 176 valence electrons. The lowest BCUT2D eigenvalue weighted by Crippen LogP contribution is -2.15. The number of hydrogen-bond donors (Lipinski definition) is 1. The van der Waals surface area contributed by atoms with Crippen LogP contribution in [0.4, 0.5) is 5.69 Å². The van der Waals surface area contributed by atoms with Crippen molar-refractivity contribution in [2.24, 2.45) is 0 Å². The summed E-state index contributed by atoms with van der Waals surface area (Å²) in [5, 5.41) is 12.5. The van der Waals surface area contributed by atoms with E-state index in [4.69, 9.17) is 4.42 Å². The van der Waals surface area contributed by atoms with Crippen LogP contribution >= 0.6 is 27.7 Å². The van der Waals surface area contributed by atoms with Crippen LogP contribution in [0.2, 0.25) is 0 Å². The minimum absolute atomic E-state index is 0.0715. The van der Waals surface area contributed by atoms with E-state index < -0.39 is 0 Å². The monoisotopic (exact) mass is 538 g/mol. The first-order valence-corrected chi connectivity index (χ1v) is 12.7. The fraction of sp³-hybridized carbons (Fsp3) is 0.269. The van der Waals surface area contributed by atoms with E-state index >= 15 is 0 Å². The summed E-state index contributed by atoms with van der Waals surface area (Å²) in [5.41, 5.74) is 4.12. The molecule has 0 fully saturated rings. The van der Waals surface area contributed by atoms with Gasteiger partial charge in [0.25, 0.3) is 0 Å². The average Bonchev–Trinajstić information content (AvgIpc) is 3.45. The Kier molecular flexibility index (Phi) is 7.28. The Morgan fingerprint density at radius 1 is 1.12 bits per heavy atom. The van der Waals surface area contributed by atoms with Crippen molar-refractivity contribution in [2.45, 2.75) is 44.8 Å². The summed E-state index contributed by atoms with van der Waals surface area (Å²) < 4.78 is 8.57. The first kappa shape index (κ1) is 24.3. The predicted octanol–water partition coefficient (Wildman–Crippen LogP) is 6.69. The lowest BCUT2D eigenvalue weighted by atomic mass is 9.87. The maximum atomic E-state index is 12.6. The number of carbonyl (C=O) groups excluding carboxylic acids is 1. The number of rotatable bonds is 7. The smallest absolute Gasteiger partial charge is 0.234 e. The van der Waals surface area contributed by atoms with Crippen LogP contribution in [0.3, 0.4) is 0 Å². The highest BCUT2D eigenvalue weighted by Gasteiger charge is 2.19. The van der Waals surface area contributed by atoms with E-state index in [0.717, 1.165) is 32.9 Å². The van der Waals surface area contributed by atoms with Crippen LogP contribution in [-0.4, -0.2) is 26.4 Å². The number of thioether (sulfide) groups is 1. The molecule has 8 heteroatoms. The summed E-state index contributed by atoms with van der Waals surface area (Å²) >= 11 is 4.83. The third-order valence-electron chi connectivity index (χ3n) is 5.39. The molecule has 0 spiro atoms. The van der Waals surface area contributed by atoms with Gasteiger partial charge in [0.15, 0.2) is 11.0 Å². The molecule has 1 amide bonds. The minimum atomic E-state index is -0.102. The summed E-state index contributed by atoms with van der Waals surface area (Å²) in [4.78, 5) is 12.6. The molecule has 1 N–H and O–H groups in total. The zero-order valence-electron chi connectivity index (χ0n) is 19.6. The summed E-state index contributed by atoms with van der Waals surface area (Å²) in [6.45, 7) is 9.04. The molecule has 2 aromatic heterocycles. The van der Waals surface area contributed by atoms with E-state index in [-0.39, 0.29) is 17.1 Å². The summed E-state index contributed by atoms with van der Waals surface area (Å²) in [6.07, 6.45) is 1.65. The summed E-state index contributed by atoms with van der Waals surface area (Å²) in [5.74, 6) is 1.65. The Morgan fingerprint density at radius 2 is 1.88 bits per heavy atom. The fourth-order valence-electron chi connectivity index (χ4n) is 3.48. The van der Waals surface area contributed by atoms with Gasteiger partial charge in [-0.15, -0.1) is 10.2 Å². The first-order chi connectivity index (χ1) is 16.2. The van der Waals surface area contributed by atoms with Gasteiger partial charge >= 0.3 is 0 Å². The molecule has 0 aliphatic carbocycles. The second-order valence-electron chi connectivity index (χ2n) is 9.10. The van der Waals surface area contributed by atoms with Gasteiger partial charge in [0.1, 0.15) is 5.76 Å². The zero-order chi connectivity index (χ0) is 24.3. The molecular formula is C26H27BrN4O2S. The Hall–Kier alpha value is -2.84. The van der Waals surface area contributed by atoms with E-state index in [2.05, 4.69) is 76.5 Å². The molecule has 2 aromatic carbocycles. The van der Waals surface area contributed by atoms with Gasteiger partial charge in [-0.2, -0.15) is 0 Å². The van der Waals surface area contributed by atoms with Crippen LogP contribution in [0.1, 0.15) is 37.7 Å². The van der Waals surface area contributed by atoms with E-state index in [1.807, 2.05) is 41.8 Å². The van der Waals surface area contributed by atoms with Crippen LogP contribution in [0.5, 0.6) is 0 Å². The first-order valence-electron chi connectivity index (χ1n) is 11.0. The third-order valence-corrected chi connectivity index (χ3v) is 7.25. The molecule has 2 heterocycles. The normalized spacial score (nSPS) is 11.6. The number of halogens is 1. The number of nitrogens with one attached hydrogen (secondary N) is 1. The highest BCUT2D eigenvalue weighted by atomic mass is 79.9. The molecule has 0 radical (unpaired) electrons. The largest absolute Gasteiger partial charge is 0.467 e. The lowest BCUT2D eigenvalue weighted by Gasteiger charge is -2.19. The Labute approximate surface area is 212 Å². The molecule has 4 rings (SSSR count). The lowest BCUT2D eigenvalue weighted by molar-refractivity contribution is -0.113. The minimum Gasteiger partial charge on any atom is -0.467 e. The van der Waals surface area contributed by atoms with Crippen molar-refractivity contribution < 1.29 is 9.21 Å². The molecule has 34 heavy (non-hydrogen) atoms. The number of benzene rings is 2. The van der Waals surface area contributed by atoms with Crippen molar-refractivity contribution in [3.8, 4) is 11.4 Å². The third kappa shape index (κ3) is 5.80. The van der Waals surface area contributed by atoms with E-state index in [1.165, 1.54) is 17.3 Å². The Bertz CT molecular complexity index is 1280. The number of aromatic nitrogens is 3. The van der Waals surface area contributed by atoms with Gasteiger partial charge < -0.3 is 9.73 Å². The van der Waals surface area contributed by atoms with Gasteiger partial charge in [-0.3, -0.25) is 9.36 Å². The second kappa shape index (κ2) is 10.2. The Balaban J connectivity index is 1.54. The zero-order valence-corrected chi connectivity index (χ0v) is 22.0. The van der Waals surface area contributed by atoms with Gasteiger partial charge in [0, 0.05) is 15.7 Å². The molecule has 0 aliphatic heterocycles. The molecule has 0 aliphatic rings. The van der Waals surface area contributed by atoms with Crippen LogP contribution in [0, 0.1) is 6.92 Å². The van der Waals surface area contributed by atoms with Crippen LogP contribution < -0.4 is 5.32 Å². The molecule has 0 unspecified atom stereocenters. The van der Waals surface area contributed by atoms with E-state index in [0.29, 0.717) is 11.7 Å². The van der Waals surface area contributed by atoms with Crippen LogP contribution in [0.25, 0.3) is 11.4 Å². The average molecular weight is 539 g/mol. The van der Waals surface area contributed by atoms with E-state index in [1.54, 1.807) is 6.26 Å². The van der Waals surface area contributed by atoms with Crippen molar-refractivity contribution in [1.82, 2.24) is 14.8 Å². The summed E-state index contributed by atoms with van der Waals surface area (Å²) in [7, 11) is 0. The number of carbonyl (C=O) groups is 1. The highest BCUT2D eigenvalue weighted by molar-refractivity contribution is 9.10. The van der Waals surface area contributed by atoms with Crippen LogP contribution in [-0.2, 0) is 16.8 Å². The second-order valence-corrected chi connectivity index (χ2v) is 10.9. The van der Waals surface area contributed by atoms with Crippen molar-refractivity contribution in [3.63, 3.8) is 0 Å². The van der Waals surface area contributed by atoms with Gasteiger partial charge in [-0.25, -0.2) is 0 Å². The predicted molar refractivity (Wildman–Crippen MR) is 140 cm³/mol. The number of anilines is 1. The van der Waals surface area contributed by atoms with Gasteiger partial charge in [0.2, 0.25) is 5.91 Å². The molecule has 0 saturated heterocycles. The Morgan fingerprint density at radius 3 is 2.53 bits per heavy atom. The van der Waals surface area contributed by atoms with E-state index in [9.17, 15) is 4.79 Å². The maximum Gasteiger partial charge on any atom is 0.234 e. The van der Waals surface area contributed by atoms with Crippen molar-refractivity contribution >= 4 is 39.3 Å². The highest BCUT2D eigenvalue weighted by Crippen LogP contribution is 2.29. The number of amides is 1. The van der Waals surface area contributed by atoms with Crippen molar-refractivity contribution in [2.75, 3.05) is 11.1 Å². The van der Waals surface area contributed by atoms with Crippen molar-refractivity contribution in [3.05, 3.63) is 82.2 Å². The van der Waals surface area contributed by atoms with Crippen LogP contribution in [0.15, 0.2) is 74.9 Å². The molecule has 0 saturated carbocycles. The molecule has 4 aromatic rings. The van der Waals surface area contributed by atoms with Gasteiger partial charge in [0.05, 0.1) is 18.6 Å².